The van der Waals surface area contributed by atoms with E-state index in [9.17, 15) is 22.7 Å². The lowest BCUT2D eigenvalue weighted by molar-refractivity contribution is -0.122. The fourth-order valence-corrected chi connectivity index (χ4v) is 4.79. The molecule has 0 aliphatic carbocycles. The number of sulfone groups is 1. The Balaban J connectivity index is 1.81. The molecule has 7 nitrogen and oxygen atoms in total. The molecule has 1 fully saturated rings. The molecule has 146 valence electrons. The quantitative estimate of drug-likeness (QED) is 0.771. The second kappa shape index (κ2) is 7.06. The molecule has 3 rings (SSSR count). The first kappa shape index (κ1) is 19.5. The summed E-state index contributed by atoms with van der Waals surface area (Å²) in [5, 5.41) is 12.1. The molecule has 1 saturated heterocycles. The van der Waals surface area contributed by atoms with Crippen molar-refractivity contribution in [2.24, 2.45) is 12.5 Å². The van der Waals surface area contributed by atoms with Crippen LogP contribution in [0.2, 0.25) is 0 Å². The number of anilines is 1. The Morgan fingerprint density at radius 3 is 2.63 bits per heavy atom. The zero-order valence-electron chi connectivity index (χ0n) is 15.0. The van der Waals surface area contributed by atoms with Crippen LogP contribution in [0.5, 0.6) is 0 Å². The summed E-state index contributed by atoms with van der Waals surface area (Å²) < 4.78 is 45.2. The molecular formula is C18H21FN2O5S. The molecule has 1 aliphatic heterocycles. The minimum atomic E-state index is -3.70. The maximum atomic E-state index is 13.3. The number of benzene rings is 1. The normalized spacial score (nSPS) is 16.0. The number of ether oxygens (including phenoxy) is 1. The summed E-state index contributed by atoms with van der Waals surface area (Å²) >= 11 is 0. The van der Waals surface area contributed by atoms with Gasteiger partial charge in [0.25, 0.3) is 5.91 Å². The number of aryl methyl sites for hydroxylation is 2. The van der Waals surface area contributed by atoms with Crippen molar-refractivity contribution in [2.45, 2.75) is 11.8 Å². The fraction of sp³-hybridized carbons (Fsp3) is 0.389. The molecule has 1 amide bonds. The molecule has 0 radical (unpaired) electrons. The minimum Gasteiger partial charge on any atom is -0.396 e. The summed E-state index contributed by atoms with van der Waals surface area (Å²) in [4.78, 5) is 12.5. The SMILES string of the molecule is Cc1cc(NC(=O)c2cc(S(=O)(=O)CC3(CO)COC3)cn2C)ccc1F. The molecule has 0 bridgehead atoms. The van der Waals surface area contributed by atoms with Gasteiger partial charge in [0.1, 0.15) is 11.5 Å². The Bertz CT molecular complexity index is 974. The van der Waals surface area contributed by atoms with Crippen molar-refractivity contribution in [1.82, 2.24) is 4.57 Å². The summed E-state index contributed by atoms with van der Waals surface area (Å²) in [5.41, 5.74) is 0.164. The van der Waals surface area contributed by atoms with Crippen molar-refractivity contribution in [3.63, 3.8) is 0 Å². The fourth-order valence-electron chi connectivity index (χ4n) is 2.95. The predicted octanol–water partition coefficient (Wildman–Crippen LogP) is 1.51. The van der Waals surface area contributed by atoms with E-state index in [4.69, 9.17) is 4.74 Å². The second-order valence-corrected chi connectivity index (χ2v) is 8.99. The topological polar surface area (TPSA) is 97.6 Å². The number of halogens is 1. The first-order chi connectivity index (χ1) is 12.7. The Morgan fingerprint density at radius 2 is 2.07 bits per heavy atom. The lowest BCUT2D eigenvalue weighted by Gasteiger charge is -2.39. The third-order valence-corrected chi connectivity index (χ3v) is 6.57. The van der Waals surface area contributed by atoms with Gasteiger partial charge in [0.2, 0.25) is 0 Å². The van der Waals surface area contributed by atoms with E-state index in [1.807, 2.05) is 0 Å². The van der Waals surface area contributed by atoms with Gasteiger partial charge in [-0.2, -0.15) is 0 Å². The Morgan fingerprint density at radius 1 is 1.37 bits per heavy atom. The highest BCUT2D eigenvalue weighted by molar-refractivity contribution is 7.91. The van der Waals surface area contributed by atoms with Crippen molar-refractivity contribution in [3.8, 4) is 0 Å². The van der Waals surface area contributed by atoms with Crippen LogP contribution >= 0.6 is 0 Å². The van der Waals surface area contributed by atoms with Gasteiger partial charge in [-0.05, 0) is 36.8 Å². The highest BCUT2D eigenvalue weighted by Gasteiger charge is 2.43. The van der Waals surface area contributed by atoms with Gasteiger partial charge < -0.3 is 19.7 Å². The second-order valence-electron chi connectivity index (χ2n) is 7.00. The van der Waals surface area contributed by atoms with Crippen molar-refractivity contribution < 1.29 is 27.4 Å². The van der Waals surface area contributed by atoms with E-state index in [-0.39, 0.29) is 42.0 Å². The smallest absolute Gasteiger partial charge is 0.272 e. The van der Waals surface area contributed by atoms with Crippen LogP contribution in [0, 0.1) is 18.2 Å². The van der Waals surface area contributed by atoms with E-state index >= 15 is 0 Å². The average Bonchev–Trinajstić information content (AvgIpc) is 2.97. The maximum absolute atomic E-state index is 13.3. The van der Waals surface area contributed by atoms with Gasteiger partial charge in [0.15, 0.2) is 9.84 Å². The number of carbonyl (C=O) groups is 1. The monoisotopic (exact) mass is 396 g/mol. The lowest BCUT2D eigenvalue weighted by atomic mass is 9.90. The van der Waals surface area contributed by atoms with Gasteiger partial charge in [-0.1, -0.05) is 0 Å². The zero-order valence-corrected chi connectivity index (χ0v) is 15.8. The van der Waals surface area contributed by atoms with Crippen molar-refractivity contribution >= 4 is 21.4 Å². The van der Waals surface area contributed by atoms with Gasteiger partial charge in [-0.25, -0.2) is 12.8 Å². The highest BCUT2D eigenvalue weighted by Crippen LogP contribution is 2.31. The Kier molecular flexibility index (Phi) is 5.11. The molecule has 9 heteroatoms. The molecule has 0 atom stereocenters. The summed E-state index contributed by atoms with van der Waals surface area (Å²) in [6, 6.07) is 5.48. The molecule has 1 aromatic heterocycles. The van der Waals surface area contributed by atoms with Crippen LogP contribution in [-0.2, 0) is 21.6 Å². The predicted molar refractivity (Wildman–Crippen MR) is 96.9 cm³/mol. The molecule has 0 unspecified atom stereocenters. The first-order valence-corrected chi connectivity index (χ1v) is 9.96. The maximum Gasteiger partial charge on any atom is 0.272 e. The molecule has 0 saturated carbocycles. The number of nitrogens with zero attached hydrogens (tertiary/aromatic N) is 1. The Labute approximate surface area is 156 Å². The summed E-state index contributed by atoms with van der Waals surface area (Å²) in [6.07, 6.45) is 1.37. The zero-order chi connectivity index (χ0) is 19.8. The van der Waals surface area contributed by atoms with Crippen molar-refractivity contribution in [1.29, 1.82) is 0 Å². The minimum absolute atomic E-state index is 0.00478. The van der Waals surface area contributed by atoms with Crippen molar-refractivity contribution in [2.75, 3.05) is 30.9 Å². The van der Waals surface area contributed by atoms with Gasteiger partial charge in [0.05, 0.1) is 35.9 Å². The van der Waals surface area contributed by atoms with Crippen LogP contribution < -0.4 is 5.32 Å². The summed E-state index contributed by atoms with van der Waals surface area (Å²) in [5.74, 6) is -1.13. The van der Waals surface area contributed by atoms with Gasteiger partial charge in [-0.15, -0.1) is 0 Å². The molecule has 0 spiro atoms. The number of amides is 1. The van der Waals surface area contributed by atoms with E-state index in [0.29, 0.717) is 11.3 Å². The number of aliphatic hydroxyl groups excluding tert-OH is 1. The highest BCUT2D eigenvalue weighted by atomic mass is 32.2. The van der Waals surface area contributed by atoms with Crippen LogP contribution in [0.4, 0.5) is 10.1 Å². The number of rotatable bonds is 6. The van der Waals surface area contributed by atoms with Gasteiger partial charge in [-0.3, -0.25) is 4.79 Å². The van der Waals surface area contributed by atoms with Crippen LogP contribution in [0.25, 0.3) is 0 Å². The summed E-state index contributed by atoms with van der Waals surface area (Å²) in [6.45, 7) is 1.68. The van der Waals surface area contributed by atoms with E-state index in [0.717, 1.165) is 0 Å². The molecular weight excluding hydrogens is 375 g/mol. The van der Waals surface area contributed by atoms with Gasteiger partial charge >= 0.3 is 0 Å². The number of carbonyl (C=O) groups excluding carboxylic acids is 1. The van der Waals surface area contributed by atoms with Gasteiger partial charge in [0, 0.05) is 18.9 Å². The third-order valence-electron chi connectivity index (χ3n) is 4.64. The lowest BCUT2D eigenvalue weighted by Crippen LogP contribution is -2.50. The van der Waals surface area contributed by atoms with Crippen molar-refractivity contribution in [3.05, 3.63) is 47.5 Å². The van der Waals surface area contributed by atoms with Crippen LogP contribution in [0.3, 0.4) is 0 Å². The summed E-state index contributed by atoms with van der Waals surface area (Å²) in [7, 11) is -2.13. The van der Waals surface area contributed by atoms with E-state index < -0.39 is 21.2 Å². The van der Waals surface area contributed by atoms with Crippen LogP contribution in [-0.4, -0.2) is 49.6 Å². The first-order valence-electron chi connectivity index (χ1n) is 8.31. The van der Waals surface area contributed by atoms with E-state index in [1.54, 1.807) is 14.0 Å². The Hall–Kier alpha value is -2.23. The number of aliphatic hydroxyl groups is 1. The number of nitrogens with one attached hydrogen (secondary N) is 1. The number of hydrogen-bond donors (Lipinski definition) is 2. The molecule has 2 heterocycles. The van der Waals surface area contributed by atoms with E-state index in [1.165, 1.54) is 35.0 Å². The molecule has 1 aromatic carbocycles. The third kappa shape index (κ3) is 3.90. The molecule has 2 aromatic rings. The molecule has 2 N–H and O–H groups in total. The molecule has 1 aliphatic rings. The van der Waals surface area contributed by atoms with Crippen LogP contribution in [0.1, 0.15) is 16.1 Å². The van der Waals surface area contributed by atoms with Crippen LogP contribution in [0.15, 0.2) is 35.4 Å². The number of aromatic nitrogens is 1. The molecule has 27 heavy (non-hydrogen) atoms. The number of hydrogen-bond acceptors (Lipinski definition) is 5. The standard InChI is InChI=1S/C18H21FN2O5S/c1-12-5-13(3-4-15(12)19)20-17(23)16-6-14(7-21(16)2)27(24,25)11-18(8-22)9-26-10-18/h3-7,22H,8-11H2,1-2H3,(H,20,23). The largest absolute Gasteiger partial charge is 0.396 e. The average molecular weight is 396 g/mol. The van der Waals surface area contributed by atoms with E-state index in [2.05, 4.69) is 5.32 Å².